The SMILES string of the molecule is CCc1nc(CNc2ccc(C(C)(C)C)cc2)cs1. The summed E-state index contributed by atoms with van der Waals surface area (Å²) in [6, 6.07) is 8.68. The Bertz CT molecular complexity index is 520. The van der Waals surface area contributed by atoms with Gasteiger partial charge >= 0.3 is 0 Å². The van der Waals surface area contributed by atoms with Crippen LogP contribution in [-0.2, 0) is 18.4 Å². The van der Waals surface area contributed by atoms with Crippen molar-refractivity contribution < 1.29 is 0 Å². The van der Waals surface area contributed by atoms with Gasteiger partial charge in [-0.2, -0.15) is 0 Å². The normalized spacial score (nSPS) is 11.6. The number of hydrogen-bond acceptors (Lipinski definition) is 3. The molecular weight excluding hydrogens is 252 g/mol. The topological polar surface area (TPSA) is 24.9 Å². The number of thiazole rings is 1. The third kappa shape index (κ3) is 3.80. The molecule has 1 N–H and O–H groups in total. The highest BCUT2D eigenvalue weighted by molar-refractivity contribution is 7.09. The Morgan fingerprint density at radius 1 is 1.16 bits per heavy atom. The van der Waals surface area contributed by atoms with E-state index in [1.165, 1.54) is 10.6 Å². The summed E-state index contributed by atoms with van der Waals surface area (Å²) in [6.45, 7) is 9.64. The molecule has 0 saturated carbocycles. The molecule has 102 valence electrons. The second-order valence-electron chi connectivity index (χ2n) is 5.77. The van der Waals surface area contributed by atoms with Crippen LogP contribution in [0.4, 0.5) is 5.69 Å². The van der Waals surface area contributed by atoms with E-state index in [1.54, 1.807) is 11.3 Å². The monoisotopic (exact) mass is 274 g/mol. The van der Waals surface area contributed by atoms with Gasteiger partial charge in [-0.1, -0.05) is 39.8 Å². The standard InChI is InChI=1S/C16H22N2S/c1-5-15-18-14(11-19-15)10-17-13-8-6-12(7-9-13)16(2,3)4/h6-9,11,17H,5,10H2,1-4H3. The second-order valence-corrected chi connectivity index (χ2v) is 6.71. The van der Waals surface area contributed by atoms with E-state index >= 15 is 0 Å². The van der Waals surface area contributed by atoms with Crippen LogP contribution in [0.3, 0.4) is 0 Å². The van der Waals surface area contributed by atoms with Gasteiger partial charge in [-0.25, -0.2) is 4.98 Å². The molecule has 0 amide bonds. The highest BCUT2D eigenvalue weighted by atomic mass is 32.1. The van der Waals surface area contributed by atoms with E-state index in [9.17, 15) is 0 Å². The molecule has 0 spiro atoms. The summed E-state index contributed by atoms with van der Waals surface area (Å²) in [5.74, 6) is 0. The summed E-state index contributed by atoms with van der Waals surface area (Å²) in [6.07, 6.45) is 1.02. The molecule has 0 aliphatic heterocycles. The number of nitrogens with one attached hydrogen (secondary N) is 1. The molecule has 3 heteroatoms. The zero-order valence-electron chi connectivity index (χ0n) is 12.2. The van der Waals surface area contributed by atoms with Crippen molar-refractivity contribution in [2.45, 2.75) is 46.1 Å². The fraction of sp³-hybridized carbons (Fsp3) is 0.438. The first-order valence-electron chi connectivity index (χ1n) is 6.76. The van der Waals surface area contributed by atoms with Gasteiger partial charge in [0.1, 0.15) is 0 Å². The van der Waals surface area contributed by atoms with Crippen LogP contribution < -0.4 is 5.32 Å². The van der Waals surface area contributed by atoms with Gasteiger partial charge in [0.25, 0.3) is 0 Å². The van der Waals surface area contributed by atoms with Crippen LogP contribution in [0.15, 0.2) is 29.6 Å². The van der Waals surface area contributed by atoms with Crippen molar-refractivity contribution in [3.63, 3.8) is 0 Å². The number of anilines is 1. The van der Waals surface area contributed by atoms with E-state index in [0.717, 1.165) is 24.3 Å². The van der Waals surface area contributed by atoms with Gasteiger partial charge in [0, 0.05) is 11.1 Å². The van der Waals surface area contributed by atoms with Crippen LogP contribution >= 0.6 is 11.3 Å². The molecule has 0 saturated heterocycles. The molecule has 0 radical (unpaired) electrons. The van der Waals surface area contributed by atoms with Crippen LogP contribution in [0, 0.1) is 0 Å². The molecule has 0 atom stereocenters. The van der Waals surface area contributed by atoms with E-state index in [0.29, 0.717) is 0 Å². The fourth-order valence-electron chi connectivity index (χ4n) is 1.87. The first kappa shape index (κ1) is 14.1. The molecule has 1 aromatic carbocycles. The van der Waals surface area contributed by atoms with Gasteiger partial charge in [0.15, 0.2) is 0 Å². The van der Waals surface area contributed by atoms with Gasteiger partial charge in [-0.15, -0.1) is 11.3 Å². The van der Waals surface area contributed by atoms with E-state index in [1.807, 2.05) is 0 Å². The van der Waals surface area contributed by atoms with Crippen LogP contribution in [-0.4, -0.2) is 4.98 Å². The quantitative estimate of drug-likeness (QED) is 0.880. The number of benzene rings is 1. The summed E-state index contributed by atoms with van der Waals surface area (Å²) >= 11 is 1.74. The maximum Gasteiger partial charge on any atom is 0.0926 e. The Morgan fingerprint density at radius 3 is 2.37 bits per heavy atom. The van der Waals surface area contributed by atoms with E-state index in [-0.39, 0.29) is 5.41 Å². The summed E-state index contributed by atoms with van der Waals surface area (Å²) in [5.41, 5.74) is 3.85. The van der Waals surface area contributed by atoms with E-state index in [2.05, 4.69) is 67.6 Å². The van der Waals surface area contributed by atoms with Crippen molar-refractivity contribution in [3.05, 3.63) is 45.9 Å². The molecule has 2 nitrogen and oxygen atoms in total. The molecule has 0 aliphatic carbocycles. The van der Waals surface area contributed by atoms with Crippen LogP contribution in [0.2, 0.25) is 0 Å². The zero-order valence-corrected chi connectivity index (χ0v) is 13.0. The lowest BCUT2D eigenvalue weighted by Gasteiger charge is -2.19. The Hall–Kier alpha value is -1.35. The highest BCUT2D eigenvalue weighted by Gasteiger charge is 2.12. The fourth-order valence-corrected chi connectivity index (χ4v) is 2.62. The third-order valence-corrected chi connectivity index (χ3v) is 4.17. The average Bonchev–Trinajstić information content (AvgIpc) is 2.84. The van der Waals surface area contributed by atoms with Gasteiger partial charge in [-0.05, 0) is 29.5 Å². The Kier molecular flexibility index (Phi) is 4.25. The van der Waals surface area contributed by atoms with Crippen molar-refractivity contribution in [1.29, 1.82) is 0 Å². The maximum absolute atomic E-state index is 4.56. The minimum atomic E-state index is 0.212. The van der Waals surface area contributed by atoms with Crippen molar-refractivity contribution in [2.24, 2.45) is 0 Å². The maximum atomic E-state index is 4.56. The van der Waals surface area contributed by atoms with Crippen LogP contribution in [0.5, 0.6) is 0 Å². The lowest BCUT2D eigenvalue weighted by molar-refractivity contribution is 0.590. The lowest BCUT2D eigenvalue weighted by atomic mass is 9.87. The number of aromatic nitrogens is 1. The lowest BCUT2D eigenvalue weighted by Crippen LogP contribution is -2.10. The van der Waals surface area contributed by atoms with Crippen molar-refractivity contribution in [3.8, 4) is 0 Å². The molecule has 2 rings (SSSR count). The molecule has 0 bridgehead atoms. The summed E-state index contributed by atoms with van der Waals surface area (Å²) in [7, 11) is 0. The van der Waals surface area contributed by atoms with Crippen molar-refractivity contribution in [2.75, 3.05) is 5.32 Å². The largest absolute Gasteiger partial charge is 0.379 e. The number of hydrogen-bond donors (Lipinski definition) is 1. The molecular formula is C16H22N2S. The third-order valence-electron chi connectivity index (χ3n) is 3.13. The van der Waals surface area contributed by atoms with Gasteiger partial charge < -0.3 is 5.32 Å². The number of rotatable bonds is 4. The Morgan fingerprint density at radius 2 is 1.84 bits per heavy atom. The Balaban J connectivity index is 1.96. The second kappa shape index (κ2) is 5.74. The van der Waals surface area contributed by atoms with Gasteiger partial charge in [0.2, 0.25) is 0 Å². The van der Waals surface area contributed by atoms with E-state index < -0.39 is 0 Å². The first-order chi connectivity index (χ1) is 8.99. The van der Waals surface area contributed by atoms with Gasteiger partial charge in [-0.3, -0.25) is 0 Å². The van der Waals surface area contributed by atoms with Crippen molar-refractivity contribution >= 4 is 17.0 Å². The first-order valence-corrected chi connectivity index (χ1v) is 7.64. The summed E-state index contributed by atoms with van der Waals surface area (Å²) in [5, 5.41) is 6.76. The molecule has 0 fully saturated rings. The Labute approximate surface area is 119 Å². The minimum Gasteiger partial charge on any atom is -0.379 e. The number of nitrogens with zero attached hydrogens (tertiary/aromatic N) is 1. The van der Waals surface area contributed by atoms with Crippen molar-refractivity contribution in [1.82, 2.24) is 4.98 Å². The molecule has 19 heavy (non-hydrogen) atoms. The molecule has 0 unspecified atom stereocenters. The minimum absolute atomic E-state index is 0.212. The van der Waals surface area contributed by atoms with Crippen LogP contribution in [0.25, 0.3) is 0 Å². The smallest absolute Gasteiger partial charge is 0.0926 e. The molecule has 2 aromatic rings. The average molecular weight is 274 g/mol. The van der Waals surface area contributed by atoms with Crippen LogP contribution in [0.1, 0.15) is 44.0 Å². The molecule has 1 heterocycles. The number of aryl methyl sites for hydroxylation is 1. The van der Waals surface area contributed by atoms with E-state index in [4.69, 9.17) is 0 Å². The predicted octanol–water partition coefficient (Wildman–Crippen LogP) is 4.62. The zero-order chi connectivity index (χ0) is 13.9. The molecule has 0 aliphatic rings. The summed E-state index contributed by atoms with van der Waals surface area (Å²) in [4.78, 5) is 4.56. The summed E-state index contributed by atoms with van der Waals surface area (Å²) < 4.78 is 0. The molecule has 1 aromatic heterocycles. The predicted molar refractivity (Wildman–Crippen MR) is 84.0 cm³/mol. The van der Waals surface area contributed by atoms with Gasteiger partial charge in [0.05, 0.1) is 17.2 Å². The highest BCUT2D eigenvalue weighted by Crippen LogP contribution is 2.23.